The third-order valence-electron chi connectivity index (χ3n) is 11.3. The Morgan fingerprint density at radius 1 is 0.478 bits per heavy atom. The summed E-state index contributed by atoms with van der Waals surface area (Å²) in [6.45, 7) is 2.66. The van der Waals surface area contributed by atoms with E-state index in [1.54, 1.807) is 57.8 Å². The van der Waals surface area contributed by atoms with Crippen molar-refractivity contribution in [1.29, 1.82) is 0 Å². The molecule has 12 unspecified atom stereocenters. The minimum atomic E-state index is 1.11. The highest BCUT2D eigenvalue weighted by Gasteiger charge is 2.75. The number of rotatable bonds is 1. The van der Waals surface area contributed by atoms with Crippen LogP contribution in [0.15, 0.2) is 0 Å². The maximum Gasteiger partial charge on any atom is -0.0313 e. The second-order valence-electron chi connectivity index (χ2n) is 11.3. The van der Waals surface area contributed by atoms with E-state index in [0.29, 0.717) is 0 Å². The Balaban J connectivity index is 1.15. The van der Waals surface area contributed by atoms with E-state index in [2.05, 4.69) is 6.92 Å². The molecule has 0 bridgehead atoms. The van der Waals surface area contributed by atoms with Crippen LogP contribution in [0.3, 0.4) is 0 Å². The zero-order chi connectivity index (χ0) is 14.9. The molecule has 0 aliphatic heterocycles. The fraction of sp³-hybridized carbons (Fsp3) is 1.00. The van der Waals surface area contributed by atoms with Gasteiger partial charge in [-0.2, -0.15) is 0 Å². The van der Waals surface area contributed by atoms with Gasteiger partial charge in [-0.15, -0.1) is 0 Å². The van der Waals surface area contributed by atoms with E-state index < -0.39 is 0 Å². The molecule has 23 heavy (non-hydrogen) atoms. The van der Waals surface area contributed by atoms with Crippen molar-refractivity contribution < 1.29 is 0 Å². The van der Waals surface area contributed by atoms with E-state index in [-0.39, 0.29) is 0 Å². The van der Waals surface area contributed by atoms with Crippen LogP contribution < -0.4 is 0 Å². The number of fused-ring (bicyclic) bond motifs is 10. The molecule has 7 aliphatic carbocycles. The Labute approximate surface area is 142 Å². The molecule has 7 fully saturated rings. The lowest BCUT2D eigenvalue weighted by molar-refractivity contribution is -0.233. The molecule has 0 aromatic carbocycles. The Bertz CT molecular complexity index is 530. The highest BCUT2D eigenvalue weighted by Crippen LogP contribution is 2.80. The van der Waals surface area contributed by atoms with Crippen molar-refractivity contribution in [3.63, 3.8) is 0 Å². The van der Waals surface area contributed by atoms with Gasteiger partial charge in [-0.25, -0.2) is 0 Å². The summed E-state index contributed by atoms with van der Waals surface area (Å²) in [5.41, 5.74) is 0. The van der Waals surface area contributed by atoms with Crippen LogP contribution in [-0.2, 0) is 0 Å². The van der Waals surface area contributed by atoms with Gasteiger partial charge in [-0.1, -0.05) is 32.6 Å². The van der Waals surface area contributed by atoms with Crippen molar-refractivity contribution in [2.75, 3.05) is 0 Å². The molecule has 0 aromatic heterocycles. The smallest absolute Gasteiger partial charge is 0.0313 e. The predicted molar refractivity (Wildman–Crippen MR) is 92.6 cm³/mol. The lowest BCUT2D eigenvalue weighted by Gasteiger charge is -2.70. The summed E-state index contributed by atoms with van der Waals surface area (Å²) in [6, 6.07) is 0. The quantitative estimate of drug-likeness (QED) is 0.589. The van der Waals surface area contributed by atoms with Gasteiger partial charge in [0.2, 0.25) is 0 Å². The van der Waals surface area contributed by atoms with Gasteiger partial charge < -0.3 is 0 Å². The summed E-state index contributed by atoms with van der Waals surface area (Å²) in [7, 11) is 0. The summed E-state index contributed by atoms with van der Waals surface area (Å²) >= 11 is 0. The third-order valence-corrected chi connectivity index (χ3v) is 11.3. The standard InChI is InChI=1S/C23H34/c1-11-19(12-4-2-3-5-12)23-20(11)18-10-17-15-8-13-6-7-14(13)9-16(15)21(17)22(18)23/h11-23H,2-10H2,1H3. The maximum atomic E-state index is 2.66. The van der Waals surface area contributed by atoms with Crippen LogP contribution in [0.25, 0.3) is 0 Å². The second kappa shape index (κ2) is 4.21. The molecular weight excluding hydrogens is 276 g/mol. The molecule has 0 N–H and O–H groups in total. The minimum absolute atomic E-state index is 1.11. The van der Waals surface area contributed by atoms with Crippen molar-refractivity contribution in [2.24, 2.45) is 76.9 Å². The average molecular weight is 311 g/mol. The lowest BCUT2D eigenvalue weighted by Crippen LogP contribution is -2.66. The first-order chi connectivity index (χ1) is 11.3. The van der Waals surface area contributed by atoms with Crippen molar-refractivity contribution in [3.05, 3.63) is 0 Å². The SMILES string of the molecule is CC1C(C2CCCC2)C2C1C1CC3C4CC5CCC5CC4C3C12. The summed E-state index contributed by atoms with van der Waals surface area (Å²) in [6.07, 6.45) is 14.6. The van der Waals surface area contributed by atoms with Gasteiger partial charge in [0.25, 0.3) is 0 Å². The number of hydrogen-bond donors (Lipinski definition) is 0. The zero-order valence-electron chi connectivity index (χ0n) is 14.9. The van der Waals surface area contributed by atoms with Crippen LogP contribution in [-0.4, -0.2) is 0 Å². The van der Waals surface area contributed by atoms with E-state index in [4.69, 9.17) is 0 Å². The zero-order valence-corrected chi connectivity index (χ0v) is 14.9. The van der Waals surface area contributed by atoms with E-state index in [1.165, 1.54) is 65.1 Å². The van der Waals surface area contributed by atoms with Crippen LogP contribution in [0.2, 0.25) is 0 Å². The minimum Gasteiger partial charge on any atom is -0.0619 e. The largest absolute Gasteiger partial charge is 0.0619 e. The molecule has 0 heteroatoms. The van der Waals surface area contributed by atoms with Gasteiger partial charge in [-0.05, 0) is 109 Å². The van der Waals surface area contributed by atoms with Gasteiger partial charge in [0.1, 0.15) is 0 Å². The third kappa shape index (κ3) is 1.38. The first kappa shape index (κ1) is 13.2. The highest BCUT2D eigenvalue weighted by molar-refractivity contribution is 5.22. The van der Waals surface area contributed by atoms with Crippen molar-refractivity contribution >= 4 is 0 Å². The highest BCUT2D eigenvalue weighted by atomic mass is 14.8. The summed E-state index contributed by atoms with van der Waals surface area (Å²) < 4.78 is 0. The Kier molecular flexibility index (Phi) is 2.42. The first-order valence-electron chi connectivity index (χ1n) is 11.3. The van der Waals surface area contributed by atoms with Crippen LogP contribution in [0.1, 0.15) is 64.7 Å². The molecule has 7 aliphatic rings. The van der Waals surface area contributed by atoms with Crippen molar-refractivity contribution in [3.8, 4) is 0 Å². The molecule has 0 heterocycles. The van der Waals surface area contributed by atoms with Crippen molar-refractivity contribution in [2.45, 2.75) is 64.7 Å². The monoisotopic (exact) mass is 310 g/mol. The summed E-state index contributed by atoms with van der Waals surface area (Å²) in [5, 5.41) is 0. The summed E-state index contributed by atoms with van der Waals surface area (Å²) in [5.74, 6) is 15.6. The Morgan fingerprint density at radius 2 is 1.17 bits per heavy atom. The van der Waals surface area contributed by atoms with Crippen LogP contribution in [0.4, 0.5) is 0 Å². The molecular formula is C23H34. The molecule has 0 radical (unpaired) electrons. The summed E-state index contributed by atoms with van der Waals surface area (Å²) in [4.78, 5) is 0. The van der Waals surface area contributed by atoms with Gasteiger partial charge in [0.05, 0.1) is 0 Å². The maximum absolute atomic E-state index is 2.66. The van der Waals surface area contributed by atoms with Crippen LogP contribution >= 0.6 is 0 Å². The first-order valence-corrected chi connectivity index (χ1v) is 11.3. The predicted octanol–water partition coefficient (Wildman–Crippen LogP) is 5.62. The van der Waals surface area contributed by atoms with E-state index >= 15 is 0 Å². The molecule has 0 aromatic rings. The molecule has 0 nitrogen and oxygen atoms in total. The second-order valence-corrected chi connectivity index (χ2v) is 11.3. The fourth-order valence-corrected chi connectivity index (χ4v) is 10.5. The normalized spacial score (nSPS) is 68.2. The average Bonchev–Trinajstić information content (AvgIpc) is 3.09. The Hall–Kier alpha value is 0. The van der Waals surface area contributed by atoms with Gasteiger partial charge in [-0.3, -0.25) is 0 Å². The molecule has 126 valence electrons. The fourth-order valence-electron chi connectivity index (χ4n) is 10.5. The van der Waals surface area contributed by atoms with Crippen LogP contribution in [0.5, 0.6) is 0 Å². The molecule has 0 saturated heterocycles. The van der Waals surface area contributed by atoms with E-state index in [9.17, 15) is 0 Å². The van der Waals surface area contributed by atoms with Gasteiger partial charge in [0, 0.05) is 0 Å². The lowest BCUT2D eigenvalue weighted by atomic mass is 9.34. The molecule has 7 rings (SSSR count). The number of hydrogen-bond acceptors (Lipinski definition) is 0. The van der Waals surface area contributed by atoms with Gasteiger partial charge in [0.15, 0.2) is 0 Å². The van der Waals surface area contributed by atoms with Crippen molar-refractivity contribution in [1.82, 2.24) is 0 Å². The topological polar surface area (TPSA) is 0 Å². The van der Waals surface area contributed by atoms with Crippen LogP contribution in [0, 0.1) is 76.9 Å². The van der Waals surface area contributed by atoms with E-state index in [0.717, 1.165) is 11.8 Å². The molecule has 12 atom stereocenters. The molecule has 0 spiro atoms. The Morgan fingerprint density at radius 3 is 1.91 bits per heavy atom. The molecule has 0 amide bonds. The molecule has 7 saturated carbocycles. The van der Waals surface area contributed by atoms with E-state index in [1.807, 2.05) is 0 Å². The van der Waals surface area contributed by atoms with Gasteiger partial charge >= 0.3 is 0 Å².